The highest BCUT2D eigenvalue weighted by Crippen LogP contribution is 2.32. The highest BCUT2D eigenvalue weighted by molar-refractivity contribution is 7.98. The van der Waals surface area contributed by atoms with Gasteiger partial charge >= 0.3 is 0 Å². The predicted molar refractivity (Wildman–Crippen MR) is 85.7 cm³/mol. The molecule has 1 heterocycles. The molecule has 0 unspecified atom stereocenters. The first-order valence-corrected chi connectivity index (χ1v) is 8.01. The molecule has 4 heteroatoms. The van der Waals surface area contributed by atoms with Gasteiger partial charge in [0.2, 0.25) is 0 Å². The number of nitrogens with zero attached hydrogens (tertiary/aromatic N) is 2. The van der Waals surface area contributed by atoms with Gasteiger partial charge in [-0.15, -0.1) is 11.8 Å². The van der Waals surface area contributed by atoms with E-state index in [1.165, 1.54) is 10.6 Å². The third kappa shape index (κ3) is 2.85. The fourth-order valence-corrected chi connectivity index (χ4v) is 3.06. The maximum Gasteiger partial charge on any atom is 0.122 e. The van der Waals surface area contributed by atoms with Crippen molar-refractivity contribution in [2.24, 2.45) is 7.05 Å². The number of aromatic nitrogens is 2. The molecule has 108 valence electrons. The normalized spacial score (nSPS) is 11.2. The Morgan fingerprint density at radius 1 is 1.25 bits per heavy atom. The van der Waals surface area contributed by atoms with Gasteiger partial charge in [0.1, 0.15) is 5.75 Å². The minimum absolute atomic E-state index is 0.194. The van der Waals surface area contributed by atoms with Crippen molar-refractivity contribution in [2.75, 3.05) is 6.26 Å². The highest BCUT2D eigenvalue weighted by atomic mass is 32.2. The summed E-state index contributed by atoms with van der Waals surface area (Å²) in [5, 5.41) is 5.85. The summed E-state index contributed by atoms with van der Waals surface area (Å²) >= 11 is 1.73. The first kappa shape index (κ1) is 15.0. The number of thioether (sulfide) groups is 1. The van der Waals surface area contributed by atoms with Gasteiger partial charge in [-0.05, 0) is 57.7 Å². The van der Waals surface area contributed by atoms with Crippen LogP contribution in [0.25, 0.3) is 11.3 Å². The molecule has 1 aromatic carbocycles. The Bertz CT molecular complexity index is 617. The van der Waals surface area contributed by atoms with Gasteiger partial charge in [-0.25, -0.2) is 0 Å². The van der Waals surface area contributed by atoms with Crippen LogP contribution in [0.3, 0.4) is 0 Å². The fourth-order valence-electron chi connectivity index (χ4n) is 2.36. The summed E-state index contributed by atoms with van der Waals surface area (Å²) in [6.45, 7) is 8.29. The predicted octanol–water partition coefficient (Wildman–Crippen LogP) is 4.21. The molecular formula is C16H22N2OS. The molecule has 2 aromatic rings. The van der Waals surface area contributed by atoms with Crippen molar-refractivity contribution in [1.82, 2.24) is 9.78 Å². The number of hydrogen-bond donors (Lipinski definition) is 0. The van der Waals surface area contributed by atoms with E-state index in [1.807, 2.05) is 31.6 Å². The molecule has 0 spiro atoms. The van der Waals surface area contributed by atoms with Crippen LogP contribution in [0.4, 0.5) is 0 Å². The molecule has 0 aliphatic heterocycles. The van der Waals surface area contributed by atoms with E-state index in [-0.39, 0.29) is 6.10 Å². The lowest BCUT2D eigenvalue weighted by atomic mass is 10.1. The molecule has 0 aliphatic rings. The van der Waals surface area contributed by atoms with E-state index in [1.54, 1.807) is 11.8 Å². The molecule has 20 heavy (non-hydrogen) atoms. The van der Waals surface area contributed by atoms with Gasteiger partial charge in [-0.1, -0.05) is 0 Å². The van der Waals surface area contributed by atoms with Crippen LogP contribution in [0, 0.1) is 13.8 Å². The molecule has 0 atom stereocenters. The molecular weight excluding hydrogens is 268 g/mol. The summed E-state index contributed by atoms with van der Waals surface area (Å²) in [4.78, 5) is 0. The minimum atomic E-state index is 0.194. The van der Waals surface area contributed by atoms with Crippen molar-refractivity contribution in [3.05, 3.63) is 29.3 Å². The van der Waals surface area contributed by atoms with Gasteiger partial charge in [0, 0.05) is 18.2 Å². The molecule has 3 nitrogen and oxygen atoms in total. The summed E-state index contributed by atoms with van der Waals surface area (Å²) in [5.41, 5.74) is 4.58. The average molecular weight is 290 g/mol. The highest BCUT2D eigenvalue weighted by Gasteiger charge is 2.14. The first-order valence-electron chi connectivity index (χ1n) is 6.79. The Morgan fingerprint density at radius 3 is 2.45 bits per heavy atom. The van der Waals surface area contributed by atoms with Gasteiger partial charge in [0.25, 0.3) is 0 Å². The van der Waals surface area contributed by atoms with Gasteiger partial charge in [-0.3, -0.25) is 4.68 Å². The number of benzene rings is 1. The van der Waals surface area contributed by atoms with E-state index < -0.39 is 0 Å². The molecule has 0 saturated heterocycles. The Morgan fingerprint density at radius 2 is 1.95 bits per heavy atom. The Balaban J connectivity index is 2.42. The number of hydrogen-bond acceptors (Lipinski definition) is 3. The van der Waals surface area contributed by atoms with E-state index in [0.29, 0.717) is 0 Å². The van der Waals surface area contributed by atoms with Gasteiger partial charge in [0.15, 0.2) is 0 Å². The number of aryl methyl sites for hydroxylation is 2. The summed E-state index contributed by atoms with van der Waals surface area (Å²) in [6, 6.07) is 6.28. The average Bonchev–Trinajstić information content (AvgIpc) is 2.66. The lowest BCUT2D eigenvalue weighted by Crippen LogP contribution is -2.06. The molecule has 2 rings (SSSR count). The topological polar surface area (TPSA) is 27.1 Å². The third-order valence-electron chi connectivity index (χ3n) is 3.22. The Labute approximate surface area is 125 Å². The molecule has 0 amide bonds. The SMILES string of the molecule is CSc1c(C)c(-c2ccc(OC(C)C)c(C)c2)nn1C. The van der Waals surface area contributed by atoms with E-state index in [9.17, 15) is 0 Å². The minimum Gasteiger partial charge on any atom is -0.491 e. The van der Waals surface area contributed by atoms with E-state index in [0.717, 1.165) is 22.6 Å². The standard InChI is InChI=1S/C16H22N2OS/c1-10(2)19-14-8-7-13(9-11(14)3)15-12(4)16(20-6)18(5)17-15/h7-10H,1-6H3. The Kier molecular flexibility index (Phi) is 4.43. The lowest BCUT2D eigenvalue weighted by Gasteiger charge is -2.13. The third-order valence-corrected chi connectivity index (χ3v) is 4.18. The van der Waals surface area contributed by atoms with Crippen LogP contribution >= 0.6 is 11.8 Å². The molecule has 1 aromatic heterocycles. The lowest BCUT2D eigenvalue weighted by molar-refractivity contribution is 0.241. The van der Waals surface area contributed by atoms with Gasteiger partial charge in [0.05, 0.1) is 16.8 Å². The quantitative estimate of drug-likeness (QED) is 0.789. The molecule has 0 N–H and O–H groups in total. The van der Waals surface area contributed by atoms with Crippen molar-refractivity contribution in [3.63, 3.8) is 0 Å². The monoisotopic (exact) mass is 290 g/mol. The summed E-state index contributed by atoms with van der Waals surface area (Å²) in [6.07, 6.45) is 2.28. The second-order valence-corrected chi connectivity index (χ2v) is 6.05. The van der Waals surface area contributed by atoms with Crippen molar-refractivity contribution in [1.29, 1.82) is 0 Å². The zero-order valence-corrected chi connectivity index (χ0v) is 13.8. The van der Waals surface area contributed by atoms with Crippen molar-refractivity contribution >= 4 is 11.8 Å². The summed E-state index contributed by atoms with van der Waals surface area (Å²) < 4.78 is 7.73. The van der Waals surface area contributed by atoms with Crippen LogP contribution in [0.5, 0.6) is 5.75 Å². The van der Waals surface area contributed by atoms with Crippen LogP contribution in [-0.4, -0.2) is 22.1 Å². The first-order chi connectivity index (χ1) is 9.43. The molecule has 0 saturated carbocycles. The van der Waals surface area contributed by atoms with Crippen LogP contribution in [0.15, 0.2) is 23.2 Å². The molecule has 0 radical (unpaired) electrons. The van der Waals surface area contributed by atoms with Crippen LogP contribution in [0.1, 0.15) is 25.0 Å². The van der Waals surface area contributed by atoms with Gasteiger partial charge < -0.3 is 4.74 Å². The van der Waals surface area contributed by atoms with E-state index >= 15 is 0 Å². The smallest absolute Gasteiger partial charge is 0.122 e. The van der Waals surface area contributed by atoms with Crippen LogP contribution < -0.4 is 4.74 Å². The fraction of sp³-hybridized carbons (Fsp3) is 0.438. The zero-order valence-electron chi connectivity index (χ0n) is 13.0. The summed E-state index contributed by atoms with van der Waals surface area (Å²) in [7, 11) is 1.99. The summed E-state index contributed by atoms with van der Waals surface area (Å²) in [5.74, 6) is 0.947. The van der Waals surface area contributed by atoms with Crippen LogP contribution in [-0.2, 0) is 7.05 Å². The number of ether oxygens (including phenoxy) is 1. The van der Waals surface area contributed by atoms with E-state index in [2.05, 4.69) is 37.3 Å². The largest absolute Gasteiger partial charge is 0.491 e. The van der Waals surface area contributed by atoms with Crippen molar-refractivity contribution < 1.29 is 4.74 Å². The van der Waals surface area contributed by atoms with Crippen LogP contribution in [0.2, 0.25) is 0 Å². The molecule has 0 fully saturated rings. The van der Waals surface area contributed by atoms with E-state index in [4.69, 9.17) is 4.74 Å². The van der Waals surface area contributed by atoms with Crippen molar-refractivity contribution in [2.45, 2.75) is 38.8 Å². The maximum absolute atomic E-state index is 5.79. The molecule has 0 aliphatic carbocycles. The number of rotatable bonds is 4. The second-order valence-electron chi connectivity index (χ2n) is 5.25. The van der Waals surface area contributed by atoms with Crippen molar-refractivity contribution in [3.8, 4) is 17.0 Å². The van der Waals surface area contributed by atoms with Gasteiger partial charge in [-0.2, -0.15) is 5.10 Å². The zero-order chi connectivity index (χ0) is 14.9. The second kappa shape index (κ2) is 5.92. The molecule has 0 bridgehead atoms. The maximum atomic E-state index is 5.79. The Hall–Kier alpha value is -1.42.